The molecule has 0 amide bonds. The fraction of sp³-hybridized carbons (Fsp3) is 0.222. The first-order valence-electron chi connectivity index (χ1n) is 4.13. The van der Waals surface area contributed by atoms with E-state index in [1.54, 1.807) is 18.2 Å². The van der Waals surface area contributed by atoms with Gasteiger partial charge in [0.05, 0.1) is 7.11 Å². The topological polar surface area (TPSA) is 75.1 Å². The maximum Gasteiger partial charge on any atom is 0.348 e. The highest BCUT2D eigenvalue weighted by Crippen LogP contribution is 2.18. The number of nitrogens with zero attached hydrogens (tertiary/aromatic N) is 3. The van der Waals surface area contributed by atoms with E-state index < -0.39 is 0 Å². The van der Waals surface area contributed by atoms with Gasteiger partial charge in [-0.25, -0.2) is 4.79 Å². The Labute approximate surface area is 90.6 Å². The summed E-state index contributed by atoms with van der Waals surface area (Å²) >= 11 is 1.33. The van der Waals surface area contributed by atoms with Crippen molar-refractivity contribution in [3.05, 3.63) is 38.4 Å². The van der Waals surface area contributed by atoms with Crippen LogP contribution in [0, 0.1) is 0 Å². The molecule has 0 fully saturated rings. The molecular formula is C9H9N3O2S. The average molecular weight is 223 g/mol. The Kier molecular flexibility index (Phi) is 4.40. The van der Waals surface area contributed by atoms with Crippen molar-refractivity contribution in [2.24, 2.45) is 5.11 Å². The smallest absolute Gasteiger partial charge is 0.348 e. The van der Waals surface area contributed by atoms with Crippen LogP contribution in [0.1, 0.15) is 14.5 Å². The normalized spacial score (nSPS) is 9.93. The van der Waals surface area contributed by atoms with Crippen molar-refractivity contribution in [2.75, 3.05) is 13.7 Å². The van der Waals surface area contributed by atoms with Gasteiger partial charge in [-0.3, -0.25) is 0 Å². The van der Waals surface area contributed by atoms with Crippen molar-refractivity contribution in [1.82, 2.24) is 0 Å². The van der Waals surface area contributed by atoms with Gasteiger partial charge in [0, 0.05) is 16.3 Å². The lowest BCUT2D eigenvalue weighted by Gasteiger charge is -1.91. The van der Waals surface area contributed by atoms with Crippen LogP contribution in [0.4, 0.5) is 0 Å². The fourth-order valence-electron chi connectivity index (χ4n) is 0.905. The van der Waals surface area contributed by atoms with Gasteiger partial charge in [0.2, 0.25) is 0 Å². The molecule has 0 saturated heterocycles. The van der Waals surface area contributed by atoms with E-state index in [4.69, 9.17) is 5.53 Å². The highest BCUT2D eigenvalue weighted by Gasteiger charge is 2.06. The summed E-state index contributed by atoms with van der Waals surface area (Å²) in [5.41, 5.74) is 8.04. The predicted molar refractivity (Wildman–Crippen MR) is 58.7 cm³/mol. The van der Waals surface area contributed by atoms with Crippen LogP contribution in [0.25, 0.3) is 16.5 Å². The van der Waals surface area contributed by atoms with Gasteiger partial charge < -0.3 is 4.74 Å². The van der Waals surface area contributed by atoms with Gasteiger partial charge in [-0.2, -0.15) is 0 Å². The number of ether oxygens (including phenoxy) is 1. The summed E-state index contributed by atoms with van der Waals surface area (Å²) in [7, 11) is 1.35. The number of azide groups is 1. The molecule has 1 heterocycles. The molecule has 0 N–H and O–H groups in total. The Morgan fingerprint density at radius 2 is 2.53 bits per heavy atom. The number of carbonyl (C=O) groups is 1. The van der Waals surface area contributed by atoms with Crippen molar-refractivity contribution >= 4 is 23.4 Å². The summed E-state index contributed by atoms with van der Waals surface area (Å²) in [5, 5.41) is 3.35. The average Bonchev–Trinajstić information content (AvgIpc) is 2.72. The first kappa shape index (κ1) is 11.3. The molecule has 5 nitrogen and oxygen atoms in total. The molecule has 0 aliphatic carbocycles. The summed E-state index contributed by atoms with van der Waals surface area (Å²) in [4.78, 5) is 15.2. The van der Waals surface area contributed by atoms with Crippen molar-refractivity contribution in [3.63, 3.8) is 0 Å². The predicted octanol–water partition coefficient (Wildman–Crippen LogP) is 2.86. The van der Waals surface area contributed by atoms with Crippen LogP contribution in [-0.2, 0) is 4.74 Å². The fourth-order valence-corrected chi connectivity index (χ4v) is 1.76. The molecule has 1 aromatic heterocycles. The lowest BCUT2D eigenvalue weighted by Crippen LogP contribution is -1.96. The number of carbonyl (C=O) groups excluding carboxylic acids is 1. The molecular weight excluding hydrogens is 214 g/mol. The third-order valence-electron chi connectivity index (χ3n) is 1.55. The zero-order valence-electron chi connectivity index (χ0n) is 8.08. The molecule has 1 aromatic rings. The first-order chi connectivity index (χ1) is 7.27. The molecule has 78 valence electrons. The van der Waals surface area contributed by atoms with Gasteiger partial charge >= 0.3 is 5.97 Å². The molecule has 0 aliphatic rings. The molecule has 0 atom stereocenters. The Balaban J connectivity index is 2.64. The minimum absolute atomic E-state index is 0.307. The van der Waals surface area contributed by atoms with Crippen LogP contribution < -0.4 is 0 Å². The highest BCUT2D eigenvalue weighted by atomic mass is 32.1. The molecule has 0 saturated carbocycles. The van der Waals surface area contributed by atoms with Crippen LogP contribution in [0.2, 0.25) is 0 Å². The second-order valence-electron chi connectivity index (χ2n) is 2.51. The van der Waals surface area contributed by atoms with E-state index >= 15 is 0 Å². The van der Waals surface area contributed by atoms with Gasteiger partial charge in [0.15, 0.2) is 0 Å². The lowest BCUT2D eigenvalue weighted by molar-refractivity contribution is 0.0606. The van der Waals surface area contributed by atoms with E-state index in [-0.39, 0.29) is 5.97 Å². The van der Waals surface area contributed by atoms with Crippen LogP contribution in [0.15, 0.2) is 23.3 Å². The number of methoxy groups -OCH3 is 1. The van der Waals surface area contributed by atoms with Crippen molar-refractivity contribution in [2.45, 2.75) is 0 Å². The molecule has 0 aromatic carbocycles. The van der Waals surface area contributed by atoms with E-state index in [1.807, 2.05) is 6.07 Å². The number of hydrogen-bond acceptors (Lipinski definition) is 4. The molecule has 0 bridgehead atoms. The zero-order valence-corrected chi connectivity index (χ0v) is 8.90. The highest BCUT2D eigenvalue weighted by molar-refractivity contribution is 7.14. The van der Waals surface area contributed by atoms with Crippen LogP contribution in [-0.4, -0.2) is 19.6 Å². The standard InChI is InChI=1S/C9H9N3O2S/c1-14-9(13)8-5-4-7(15-8)3-2-6-11-12-10/h2-5H,6H2,1H3. The summed E-state index contributed by atoms with van der Waals surface area (Å²) < 4.78 is 4.57. The van der Waals surface area contributed by atoms with Gasteiger partial charge in [-0.15, -0.1) is 11.3 Å². The maximum absolute atomic E-state index is 11.1. The number of hydrogen-bond donors (Lipinski definition) is 0. The van der Waals surface area contributed by atoms with Crippen LogP contribution >= 0.6 is 11.3 Å². The molecule has 0 spiro atoms. The Hall–Kier alpha value is -1.78. The quantitative estimate of drug-likeness (QED) is 0.340. The molecule has 6 heteroatoms. The zero-order chi connectivity index (χ0) is 11.1. The van der Waals surface area contributed by atoms with E-state index in [0.717, 1.165) is 4.88 Å². The summed E-state index contributed by atoms with van der Waals surface area (Å²) in [6.07, 6.45) is 3.53. The van der Waals surface area contributed by atoms with E-state index in [0.29, 0.717) is 11.4 Å². The van der Waals surface area contributed by atoms with Gasteiger partial charge in [-0.05, 0) is 23.7 Å². The van der Waals surface area contributed by atoms with Crippen molar-refractivity contribution in [1.29, 1.82) is 0 Å². The van der Waals surface area contributed by atoms with Crippen LogP contribution in [0.5, 0.6) is 0 Å². The lowest BCUT2D eigenvalue weighted by atomic mass is 10.4. The first-order valence-corrected chi connectivity index (χ1v) is 4.95. The van der Waals surface area contributed by atoms with Gasteiger partial charge in [-0.1, -0.05) is 11.2 Å². The van der Waals surface area contributed by atoms with E-state index in [2.05, 4.69) is 14.8 Å². The van der Waals surface area contributed by atoms with Crippen LogP contribution in [0.3, 0.4) is 0 Å². The molecule has 0 unspecified atom stereocenters. The SMILES string of the molecule is COC(=O)c1ccc(C=CCN=[N+]=[N-])s1. The Morgan fingerprint density at radius 1 is 1.73 bits per heavy atom. The number of rotatable bonds is 4. The van der Waals surface area contributed by atoms with Gasteiger partial charge in [0.25, 0.3) is 0 Å². The second kappa shape index (κ2) is 5.85. The molecule has 1 rings (SSSR count). The summed E-state index contributed by atoms with van der Waals surface area (Å²) in [6.45, 7) is 0.307. The number of esters is 1. The van der Waals surface area contributed by atoms with Crippen molar-refractivity contribution in [3.8, 4) is 0 Å². The third kappa shape index (κ3) is 3.46. The molecule has 0 aliphatic heterocycles. The maximum atomic E-state index is 11.1. The summed E-state index contributed by atoms with van der Waals surface area (Å²) in [6, 6.07) is 3.51. The minimum atomic E-state index is -0.338. The van der Waals surface area contributed by atoms with E-state index in [1.165, 1.54) is 18.4 Å². The molecule has 15 heavy (non-hydrogen) atoms. The largest absolute Gasteiger partial charge is 0.465 e. The van der Waals surface area contributed by atoms with Crippen molar-refractivity contribution < 1.29 is 9.53 Å². The Bertz CT molecular complexity index is 419. The number of thiophene rings is 1. The third-order valence-corrected chi connectivity index (χ3v) is 2.58. The van der Waals surface area contributed by atoms with E-state index in [9.17, 15) is 4.79 Å². The second-order valence-corrected chi connectivity index (χ2v) is 3.62. The minimum Gasteiger partial charge on any atom is -0.465 e. The Morgan fingerprint density at radius 3 is 3.20 bits per heavy atom. The van der Waals surface area contributed by atoms with Gasteiger partial charge in [0.1, 0.15) is 4.88 Å². The monoisotopic (exact) mass is 223 g/mol. The summed E-state index contributed by atoms with van der Waals surface area (Å²) in [5.74, 6) is -0.338. The molecule has 0 radical (unpaired) electrons.